The second-order valence-electron chi connectivity index (χ2n) is 4.77. The van der Waals surface area contributed by atoms with E-state index in [4.69, 9.17) is 23.2 Å². The lowest BCUT2D eigenvalue weighted by atomic mass is 10.1. The Morgan fingerprint density at radius 1 is 1.13 bits per heavy atom. The smallest absolute Gasteiger partial charge is 0.258 e. The van der Waals surface area contributed by atoms with Crippen molar-refractivity contribution < 1.29 is 4.92 Å². The minimum atomic E-state index is -0.446. The quantitative estimate of drug-likeness (QED) is 0.517. The topological polar surface area (TPSA) is 73.8 Å². The number of rotatable bonds is 3. The third-order valence-corrected chi connectivity index (χ3v) is 3.96. The third-order valence-electron chi connectivity index (χ3n) is 3.38. The number of halogens is 2. The van der Waals surface area contributed by atoms with E-state index < -0.39 is 4.92 Å². The Labute approximate surface area is 141 Å². The number of nitro benzene ring substituents is 1. The van der Waals surface area contributed by atoms with E-state index >= 15 is 0 Å². The van der Waals surface area contributed by atoms with Gasteiger partial charge in [0.15, 0.2) is 5.82 Å². The van der Waals surface area contributed by atoms with E-state index in [-0.39, 0.29) is 11.0 Å². The minimum absolute atomic E-state index is 0.00615. The zero-order valence-electron chi connectivity index (χ0n) is 11.9. The van der Waals surface area contributed by atoms with Gasteiger partial charge in [0.05, 0.1) is 21.2 Å². The second kappa shape index (κ2) is 5.98. The highest BCUT2D eigenvalue weighted by atomic mass is 35.5. The predicted molar refractivity (Wildman–Crippen MR) is 88.2 cm³/mol. The summed E-state index contributed by atoms with van der Waals surface area (Å²) in [4.78, 5) is 14.8. The molecule has 0 amide bonds. The molecule has 0 bridgehead atoms. The summed E-state index contributed by atoms with van der Waals surface area (Å²) in [7, 11) is 0. The molecule has 3 rings (SSSR count). The lowest BCUT2D eigenvalue weighted by molar-refractivity contribution is -0.385. The molecule has 1 aromatic heterocycles. The van der Waals surface area contributed by atoms with Gasteiger partial charge in [-0.25, -0.2) is 4.68 Å². The average molecular weight is 349 g/mol. The van der Waals surface area contributed by atoms with Crippen LogP contribution in [-0.2, 0) is 0 Å². The molecule has 23 heavy (non-hydrogen) atoms. The molecule has 116 valence electrons. The van der Waals surface area contributed by atoms with E-state index in [0.717, 1.165) is 0 Å². The van der Waals surface area contributed by atoms with Crippen LogP contribution < -0.4 is 0 Å². The Morgan fingerprint density at radius 3 is 2.57 bits per heavy atom. The molecule has 0 unspecified atom stereocenters. The van der Waals surface area contributed by atoms with Crippen LogP contribution in [0.25, 0.3) is 17.1 Å². The molecule has 0 aliphatic rings. The van der Waals surface area contributed by atoms with Gasteiger partial charge in [-0.3, -0.25) is 10.1 Å². The molecule has 0 fully saturated rings. The van der Waals surface area contributed by atoms with E-state index in [9.17, 15) is 10.1 Å². The van der Waals surface area contributed by atoms with Crippen LogP contribution in [0, 0.1) is 17.0 Å². The Hall–Kier alpha value is -2.44. The summed E-state index contributed by atoms with van der Waals surface area (Å²) in [5.74, 6) is 0.353. The van der Waals surface area contributed by atoms with E-state index in [1.165, 1.54) is 10.7 Å². The first-order valence-corrected chi connectivity index (χ1v) is 7.36. The molecule has 0 aliphatic carbocycles. The van der Waals surface area contributed by atoms with Crippen LogP contribution in [0.15, 0.2) is 42.5 Å². The molecule has 2 aromatic carbocycles. The molecule has 3 aromatic rings. The summed E-state index contributed by atoms with van der Waals surface area (Å²) in [6.45, 7) is 1.64. The Bertz CT molecular complexity index is 908. The van der Waals surface area contributed by atoms with Gasteiger partial charge in [0.2, 0.25) is 5.28 Å². The number of hydrogen-bond acceptors (Lipinski definition) is 4. The van der Waals surface area contributed by atoms with Crippen LogP contribution in [0.1, 0.15) is 5.56 Å². The molecule has 0 saturated heterocycles. The molecular weight excluding hydrogens is 339 g/mol. The first kappa shape index (κ1) is 15.5. The van der Waals surface area contributed by atoms with Crippen molar-refractivity contribution in [3.05, 3.63) is 68.4 Å². The molecule has 6 nitrogen and oxygen atoms in total. The number of aromatic nitrogens is 3. The summed E-state index contributed by atoms with van der Waals surface area (Å²) in [6.07, 6.45) is 0. The van der Waals surface area contributed by atoms with Gasteiger partial charge in [0.25, 0.3) is 5.69 Å². The van der Waals surface area contributed by atoms with Gasteiger partial charge in [0, 0.05) is 11.6 Å². The zero-order valence-corrected chi connectivity index (χ0v) is 13.4. The monoisotopic (exact) mass is 348 g/mol. The van der Waals surface area contributed by atoms with Crippen molar-refractivity contribution in [3.8, 4) is 17.1 Å². The Kier molecular flexibility index (Phi) is 4.02. The fourth-order valence-corrected chi connectivity index (χ4v) is 2.67. The lowest BCUT2D eigenvalue weighted by Gasteiger charge is -2.06. The predicted octanol–water partition coefficient (Wildman–Crippen LogP) is 4.46. The van der Waals surface area contributed by atoms with Crippen LogP contribution in [0.3, 0.4) is 0 Å². The van der Waals surface area contributed by atoms with Crippen molar-refractivity contribution in [1.82, 2.24) is 14.8 Å². The maximum absolute atomic E-state index is 11.1. The molecule has 0 aliphatic heterocycles. The Balaban J connectivity index is 2.15. The van der Waals surface area contributed by atoms with Crippen molar-refractivity contribution in [2.75, 3.05) is 0 Å². The number of benzene rings is 2. The molecule has 0 saturated carbocycles. The molecule has 8 heteroatoms. The third kappa shape index (κ3) is 2.78. The Morgan fingerprint density at radius 2 is 1.87 bits per heavy atom. The van der Waals surface area contributed by atoms with Crippen molar-refractivity contribution in [3.63, 3.8) is 0 Å². The number of hydrogen-bond donors (Lipinski definition) is 0. The van der Waals surface area contributed by atoms with Crippen LogP contribution in [0.4, 0.5) is 5.69 Å². The summed E-state index contributed by atoms with van der Waals surface area (Å²) in [6, 6.07) is 11.8. The van der Waals surface area contributed by atoms with E-state index in [2.05, 4.69) is 10.1 Å². The van der Waals surface area contributed by atoms with Crippen LogP contribution in [0.2, 0.25) is 10.3 Å². The standard InChI is InChI=1S/C15H10Cl2N4O2/c1-9-12(7-4-8-13(9)21(22)23)20-15(17)18-14(19-20)10-5-2-3-6-11(10)16/h2-8H,1H3. The van der Waals surface area contributed by atoms with Crippen LogP contribution in [-0.4, -0.2) is 19.7 Å². The highest BCUT2D eigenvalue weighted by Gasteiger charge is 2.19. The number of nitrogens with zero attached hydrogens (tertiary/aromatic N) is 4. The van der Waals surface area contributed by atoms with E-state index in [1.807, 2.05) is 6.07 Å². The van der Waals surface area contributed by atoms with Crippen molar-refractivity contribution >= 4 is 28.9 Å². The molecule has 0 radical (unpaired) electrons. The molecule has 0 atom stereocenters. The van der Waals surface area contributed by atoms with E-state index in [1.54, 1.807) is 37.3 Å². The molecule has 1 heterocycles. The summed E-state index contributed by atoms with van der Waals surface area (Å²) in [5, 5.41) is 16.0. The SMILES string of the molecule is Cc1c(-n2nc(-c3ccccc3Cl)nc2Cl)cccc1[N+](=O)[O-]. The normalized spacial score (nSPS) is 10.7. The second-order valence-corrected chi connectivity index (χ2v) is 5.52. The van der Waals surface area contributed by atoms with E-state index in [0.29, 0.717) is 27.7 Å². The number of nitro groups is 1. The van der Waals surface area contributed by atoms with Gasteiger partial charge in [-0.05, 0) is 36.7 Å². The van der Waals surface area contributed by atoms with Gasteiger partial charge in [-0.15, -0.1) is 5.10 Å². The van der Waals surface area contributed by atoms with Gasteiger partial charge >= 0.3 is 0 Å². The molecule has 0 spiro atoms. The minimum Gasteiger partial charge on any atom is -0.258 e. The van der Waals surface area contributed by atoms with Crippen LogP contribution >= 0.6 is 23.2 Å². The van der Waals surface area contributed by atoms with Crippen molar-refractivity contribution in [2.24, 2.45) is 0 Å². The highest BCUT2D eigenvalue weighted by molar-refractivity contribution is 6.33. The lowest BCUT2D eigenvalue weighted by Crippen LogP contribution is -2.02. The summed E-state index contributed by atoms with van der Waals surface area (Å²) >= 11 is 12.3. The molecular formula is C15H10Cl2N4O2. The first-order valence-electron chi connectivity index (χ1n) is 6.61. The van der Waals surface area contributed by atoms with Gasteiger partial charge in [-0.2, -0.15) is 4.98 Å². The van der Waals surface area contributed by atoms with Crippen molar-refractivity contribution in [1.29, 1.82) is 0 Å². The van der Waals surface area contributed by atoms with Crippen molar-refractivity contribution in [2.45, 2.75) is 6.92 Å². The zero-order chi connectivity index (χ0) is 16.6. The van der Waals surface area contributed by atoms with Crippen LogP contribution in [0.5, 0.6) is 0 Å². The van der Waals surface area contributed by atoms with Gasteiger partial charge < -0.3 is 0 Å². The maximum Gasteiger partial charge on any atom is 0.274 e. The first-order chi connectivity index (χ1) is 11.0. The fraction of sp³-hybridized carbons (Fsp3) is 0.0667. The fourth-order valence-electron chi connectivity index (χ4n) is 2.24. The average Bonchev–Trinajstić information content (AvgIpc) is 2.89. The summed E-state index contributed by atoms with van der Waals surface area (Å²) < 4.78 is 1.36. The van der Waals surface area contributed by atoms with Gasteiger partial charge in [0.1, 0.15) is 0 Å². The summed E-state index contributed by atoms with van der Waals surface area (Å²) in [5.41, 5.74) is 1.58. The molecule has 0 N–H and O–H groups in total. The van der Waals surface area contributed by atoms with Gasteiger partial charge in [-0.1, -0.05) is 29.8 Å². The maximum atomic E-state index is 11.1. The highest BCUT2D eigenvalue weighted by Crippen LogP contribution is 2.29. The largest absolute Gasteiger partial charge is 0.274 e.